The van der Waals surface area contributed by atoms with Crippen LogP contribution in [0.25, 0.3) is 10.8 Å². The fraction of sp³-hybridized carbons (Fsp3) is 0.375. The Morgan fingerprint density at radius 3 is 2.83 bits per heavy atom. The molecule has 1 N–H and O–H groups in total. The zero-order valence-electron chi connectivity index (χ0n) is 10.9. The minimum absolute atomic E-state index is 0.625. The minimum atomic E-state index is 0.625. The second kappa shape index (κ2) is 5.09. The minimum Gasteiger partial charge on any atom is -0.314 e. The molecule has 1 atom stereocenters. The first-order chi connectivity index (χ1) is 8.83. The molecule has 3 rings (SSSR count). The van der Waals surface area contributed by atoms with Crippen LogP contribution in [0.3, 0.4) is 0 Å². The van der Waals surface area contributed by atoms with Crippen molar-refractivity contribution >= 4 is 10.8 Å². The van der Waals surface area contributed by atoms with Crippen molar-refractivity contribution in [1.82, 2.24) is 10.2 Å². The lowest BCUT2D eigenvalue weighted by Crippen LogP contribution is -2.50. The quantitative estimate of drug-likeness (QED) is 0.866. The Balaban J connectivity index is 1.81. The maximum absolute atomic E-state index is 3.48. The lowest BCUT2D eigenvalue weighted by atomic mass is 10.00. The summed E-state index contributed by atoms with van der Waals surface area (Å²) in [5.41, 5.74) is 1.44. The molecule has 1 aliphatic heterocycles. The van der Waals surface area contributed by atoms with Gasteiger partial charge >= 0.3 is 0 Å². The average molecular weight is 240 g/mol. The fourth-order valence-corrected chi connectivity index (χ4v) is 2.73. The molecule has 2 nitrogen and oxygen atoms in total. The highest BCUT2D eigenvalue weighted by molar-refractivity contribution is 5.82. The first-order valence-electron chi connectivity index (χ1n) is 6.71. The molecule has 1 aliphatic rings. The first kappa shape index (κ1) is 11.7. The van der Waals surface area contributed by atoms with E-state index in [1.807, 2.05) is 0 Å². The zero-order valence-corrected chi connectivity index (χ0v) is 10.9. The molecule has 0 radical (unpaired) electrons. The Hall–Kier alpha value is -1.38. The van der Waals surface area contributed by atoms with Crippen molar-refractivity contribution in [3.63, 3.8) is 0 Å². The van der Waals surface area contributed by atoms with Gasteiger partial charge in [0.25, 0.3) is 0 Å². The molecule has 94 valence electrons. The Morgan fingerprint density at radius 1 is 1.17 bits per heavy atom. The van der Waals surface area contributed by atoms with Crippen molar-refractivity contribution in [3.8, 4) is 0 Å². The van der Waals surface area contributed by atoms with Gasteiger partial charge in [-0.15, -0.1) is 0 Å². The SMILES string of the molecule is CN1CCNC[C@H]1Cc1ccc2ccccc2c1. The van der Waals surface area contributed by atoms with E-state index in [1.165, 1.54) is 16.3 Å². The van der Waals surface area contributed by atoms with E-state index in [0.29, 0.717) is 6.04 Å². The summed E-state index contributed by atoms with van der Waals surface area (Å²) < 4.78 is 0. The first-order valence-corrected chi connectivity index (χ1v) is 6.71. The molecule has 2 aromatic carbocycles. The van der Waals surface area contributed by atoms with Crippen molar-refractivity contribution in [2.45, 2.75) is 12.5 Å². The van der Waals surface area contributed by atoms with Crippen molar-refractivity contribution in [2.75, 3.05) is 26.7 Å². The summed E-state index contributed by atoms with van der Waals surface area (Å²) in [4.78, 5) is 2.46. The van der Waals surface area contributed by atoms with Crippen molar-refractivity contribution in [1.29, 1.82) is 0 Å². The maximum atomic E-state index is 3.48. The summed E-state index contributed by atoms with van der Waals surface area (Å²) in [5.74, 6) is 0. The molecule has 0 bridgehead atoms. The number of hydrogen-bond acceptors (Lipinski definition) is 2. The van der Waals surface area contributed by atoms with E-state index in [-0.39, 0.29) is 0 Å². The summed E-state index contributed by atoms with van der Waals surface area (Å²) in [5, 5.41) is 6.16. The van der Waals surface area contributed by atoms with Gasteiger partial charge in [0.05, 0.1) is 0 Å². The lowest BCUT2D eigenvalue weighted by molar-refractivity contribution is 0.199. The van der Waals surface area contributed by atoms with Crippen LogP contribution >= 0.6 is 0 Å². The van der Waals surface area contributed by atoms with Crippen LogP contribution in [0.2, 0.25) is 0 Å². The molecule has 1 fully saturated rings. The maximum Gasteiger partial charge on any atom is 0.0258 e. The predicted molar refractivity (Wildman–Crippen MR) is 76.9 cm³/mol. The molecule has 2 aromatic rings. The number of fused-ring (bicyclic) bond motifs is 1. The predicted octanol–water partition coefficient (Wildman–Crippen LogP) is 2.29. The monoisotopic (exact) mass is 240 g/mol. The van der Waals surface area contributed by atoms with Crippen LogP contribution < -0.4 is 5.32 Å². The average Bonchev–Trinajstić information content (AvgIpc) is 2.41. The van der Waals surface area contributed by atoms with Gasteiger partial charge < -0.3 is 10.2 Å². The molecule has 0 aromatic heterocycles. The van der Waals surface area contributed by atoms with E-state index in [0.717, 1.165) is 26.1 Å². The van der Waals surface area contributed by atoms with Gasteiger partial charge in [-0.25, -0.2) is 0 Å². The number of rotatable bonds is 2. The van der Waals surface area contributed by atoms with E-state index in [1.54, 1.807) is 0 Å². The Kier molecular flexibility index (Phi) is 3.31. The standard InChI is InChI=1S/C16H20N2/c1-18-9-8-17-12-16(18)11-13-6-7-14-4-2-3-5-15(14)10-13/h2-7,10,16-17H,8-9,11-12H2,1H3/t16-/m1/s1. The molecule has 2 heteroatoms. The second-order valence-electron chi connectivity index (χ2n) is 5.22. The highest BCUT2D eigenvalue weighted by Crippen LogP contribution is 2.17. The smallest absolute Gasteiger partial charge is 0.0258 e. The zero-order chi connectivity index (χ0) is 12.4. The Morgan fingerprint density at radius 2 is 2.00 bits per heavy atom. The summed E-state index contributed by atoms with van der Waals surface area (Å²) in [6.07, 6.45) is 1.13. The van der Waals surface area contributed by atoms with Gasteiger partial charge in [0, 0.05) is 25.7 Å². The van der Waals surface area contributed by atoms with E-state index < -0.39 is 0 Å². The van der Waals surface area contributed by atoms with E-state index in [2.05, 4.69) is 59.7 Å². The van der Waals surface area contributed by atoms with Gasteiger partial charge in [-0.2, -0.15) is 0 Å². The van der Waals surface area contributed by atoms with Crippen molar-refractivity contribution in [3.05, 3.63) is 48.0 Å². The van der Waals surface area contributed by atoms with Crippen LogP contribution in [-0.2, 0) is 6.42 Å². The van der Waals surface area contributed by atoms with Gasteiger partial charge in [-0.1, -0.05) is 42.5 Å². The van der Waals surface area contributed by atoms with E-state index >= 15 is 0 Å². The number of hydrogen-bond donors (Lipinski definition) is 1. The van der Waals surface area contributed by atoms with Gasteiger partial charge in [0.1, 0.15) is 0 Å². The third-order valence-electron chi connectivity index (χ3n) is 3.93. The van der Waals surface area contributed by atoms with Gasteiger partial charge in [0.15, 0.2) is 0 Å². The lowest BCUT2D eigenvalue weighted by Gasteiger charge is -2.33. The molecule has 0 spiro atoms. The highest BCUT2D eigenvalue weighted by atomic mass is 15.2. The summed E-state index contributed by atoms with van der Waals surface area (Å²) in [6, 6.07) is 16.0. The van der Waals surface area contributed by atoms with Crippen LogP contribution in [0.5, 0.6) is 0 Å². The molecule has 1 heterocycles. The van der Waals surface area contributed by atoms with Gasteiger partial charge in [0.2, 0.25) is 0 Å². The summed E-state index contributed by atoms with van der Waals surface area (Å²) in [7, 11) is 2.23. The topological polar surface area (TPSA) is 15.3 Å². The van der Waals surface area contributed by atoms with Crippen LogP contribution in [0.4, 0.5) is 0 Å². The van der Waals surface area contributed by atoms with E-state index in [9.17, 15) is 0 Å². The van der Waals surface area contributed by atoms with Crippen molar-refractivity contribution in [2.24, 2.45) is 0 Å². The molecular weight excluding hydrogens is 220 g/mol. The second-order valence-corrected chi connectivity index (χ2v) is 5.22. The normalized spacial score (nSPS) is 21.3. The Labute approximate surface area is 109 Å². The number of benzene rings is 2. The highest BCUT2D eigenvalue weighted by Gasteiger charge is 2.18. The van der Waals surface area contributed by atoms with Crippen LogP contribution in [0, 0.1) is 0 Å². The molecule has 0 unspecified atom stereocenters. The molecule has 0 aliphatic carbocycles. The molecule has 0 amide bonds. The number of piperazine rings is 1. The molecule has 0 saturated carbocycles. The number of nitrogens with one attached hydrogen (secondary N) is 1. The number of nitrogens with zero attached hydrogens (tertiary/aromatic N) is 1. The molecule has 18 heavy (non-hydrogen) atoms. The Bertz CT molecular complexity index is 535. The van der Waals surface area contributed by atoms with Crippen LogP contribution in [0.15, 0.2) is 42.5 Å². The van der Waals surface area contributed by atoms with E-state index in [4.69, 9.17) is 0 Å². The number of likely N-dealkylation sites (N-methyl/N-ethyl adjacent to an activating group) is 1. The van der Waals surface area contributed by atoms with Crippen molar-refractivity contribution < 1.29 is 0 Å². The summed E-state index contributed by atoms with van der Waals surface area (Å²) in [6.45, 7) is 3.37. The van der Waals surface area contributed by atoms with Gasteiger partial charge in [-0.3, -0.25) is 0 Å². The molecular formula is C16H20N2. The van der Waals surface area contributed by atoms with Gasteiger partial charge in [-0.05, 0) is 29.8 Å². The largest absolute Gasteiger partial charge is 0.314 e. The van der Waals surface area contributed by atoms with Crippen LogP contribution in [0.1, 0.15) is 5.56 Å². The molecule has 1 saturated heterocycles. The fourth-order valence-electron chi connectivity index (χ4n) is 2.73. The third kappa shape index (κ3) is 2.40. The van der Waals surface area contributed by atoms with Crippen LogP contribution in [-0.4, -0.2) is 37.6 Å². The summed E-state index contributed by atoms with van der Waals surface area (Å²) >= 11 is 0. The third-order valence-corrected chi connectivity index (χ3v) is 3.93.